The lowest BCUT2D eigenvalue weighted by Gasteiger charge is -2.21. The Kier molecular flexibility index (Phi) is 5.37. The zero-order valence-corrected chi connectivity index (χ0v) is 18.3. The molecule has 0 radical (unpaired) electrons. The second-order valence-corrected chi connectivity index (χ2v) is 8.42. The molecule has 4 aromatic rings. The standard InChI is InChI=1S/C28H22O7/c29-19-6-2-15(3-7-19)1-4-16-9-22(32)14-25-26(16)27(18-10-20(30)13-21(31)11-18)28(35-25)17-5-8-23(33)24(34)12-17/h1-14,27-34H/b4-1-/t27-,28+/m0/s1. The number of aromatic hydroxyl groups is 6. The van der Waals surface area contributed by atoms with Gasteiger partial charge in [0.1, 0.15) is 34.9 Å². The van der Waals surface area contributed by atoms with Crippen LogP contribution in [0.1, 0.15) is 39.8 Å². The van der Waals surface area contributed by atoms with Crippen molar-refractivity contribution < 1.29 is 35.4 Å². The van der Waals surface area contributed by atoms with Gasteiger partial charge >= 0.3 is 0 Å². The molecule has 35 heavy (non-hydrogen) atoms. The molecular formula is C28H22O7. The Bertz CT molecular complexity index is 1420. The van der Waals surface area contributed by atoms with Crippen molar-refractivity contribution >= 4 is 12.2 Å². The molecule has 0 spiro atoms. The molecule has 0 fully saturated rings. The maximum atomic E-state index is 10.4. The fraction of sp³-hybridized carbons (Fsp3) is 0.0714. The van der Waals surface area contributed by atoms with E-state index in [0.29, 0.717) is 28.0 Å². The van der Waals surface area contributed by atoms with Gasteiger partial charge in [-0.05, 0) is 64.7 Å². The normalized spacial score (nSPS) is 16.8. The minimum atomic E-state index is -0.694. The van der Waals surface area contributed by atoms with E-state index >= 15 is 0 Å². The summed E-state index contributed by atoms with van der Waals surface area (Å²) >= 11 is 0. The molecular weight excluding hydrogens is 448 g/mol. The summed E-state index contributed by atoms with van der Waals surface area (Å²) in [6, 6.07) is 18.4. The Labute approximate surface area is 200 Å². The first kappa shape index (κ1) is 22.0. The van der Waals surface area contributed by atoms with E-state index in [4.69, 9.17) is 4.74 Å². The molecule has 1 heterocycles. The highest BCUT2D eigenvalue weighted by Crippen LogP contribution is 2.53. The van der Waals surface area contributed by atoms with Crippen molar-refractivity contribution in [2.45, 2.75) is 12.0 Å². The number of phenolic OH excluding ortho intramolecular Hbond substituents is 6. The number of rotatable bonds is 4. The van der Waals surface area contributed by atoms with Gasteiger partial charge in [-0.1, -0.05) is 30.4 Å². The Morgan fingerprint density at radius 3 is 1.94 bits per heavy atom. The highest BCUT2D eigenvalue weighted by atomic mass is 16.5. The fourth-order valence-corrected chi connectivity index (χ4v) is 4.45. The van der Waals surface area contributed by atoms with Crippen molar-refractivity contribution in [2.24, 2.45) is 0 Å². The zero-order chi connectivity index (χ0) is 24.7. The predicted molar refractivity (Wildman–Crippen MR) is 130 cm³/mol. The summed E-state index contributed by atoms with van der Waals surface area (Å²) in [6.45, 7) is 0. The highest BCUT2D eigenvalue weighted by molar-refractivity contribution is 5.75. The van der Waals surface area contributed by atoms with Crippen molar-refractivity contribution in [3.8, 4) is 40.2 Å². The van der Waals surface area contributed by atoms with Gasteiger partial charge in [0, 0.05) is 17.7 Å². The molecule has 0 unspecified atom stereocenters. The van der Waals surface area contributed by atoms with Crippen molar-refractivity contribution in [3.05, 3.63) is 101 Å². The van der Waals surface area contributed by atoms with Crippen LogP contribution >= 0.6 is 0 Å². The highest BCUT2D eigenvalue weighted by Gasteiger charge is 2.39. The summed E-state index contributed by atoms with van der Waals surface area (Å²) < 4.78 is 6.24. The first-order valence-electron chi connectivity index (χ1n) is 10.8. The van der Waals surface area contributed by atoms with E-state index in [1.54, 1.807) is 42.5 Å². The number of ether oxygens (including phenoxy) is 1. The zero-order valence-electron chi connectivity index (χ0n) is 18.3. The van der Waals surface area contributed by atoms with Crippen LogP contribution in [0.15, 0.2) is 72.8 Å². The lowest BCUT2D eigenvalue weighted by atomic mass is 9.82. The molecule has 0 amide bonds. The lowest BCUT2D eigenvalue weighted by molar-refractivity contribution is 0.221. The number of fused-ring (bicyclic) bond motifs is 1. The number of hydrogen-bond donors (Lipinski definition) is 6. The molecule has 5 rings (SSSR count). The Hall–Kier alpha value is -4.78. The summed E-state index contributed by atoms with van der Waals surface area (Å²) in [7, 11) is 0. The van der Waals surface area contributed by atoms with Crippen LogP contribution in [0, 0.1) is 0 Å². The van der Waals surface area contributed by atoms with E-state index in [9.17, 15) is 30.6 Å². The van der Waals surface area contributed by atoms with Crippen molar-refractivity contribution in [1.82, 2.24) is 0 Å². The SMILES string of the molecule is Oc1ccc(/C=C\c2cc(O)cc3c2[C@H](c2cc(O)cc(O)c2)[C@@H](c2ccc(O)c(O)c2)O3)cc1. The number of hydrogen-bond acceptors (Lipinski definition) is 7. The third-order valence-corrected chi connectivity index (χ3v) is 5.99. The molecule has 0 aromatic heterocycles. The van der Waals surface area contributed by atoms with Gasteiger partial charge in [0.2, 0.25) is 0 Å². The van der Waals surface area contributed by atoms with E-state index in [1.165, 1.54) is 36.4 Å². The molecule has 0 saturated heterocycles. The summed E-state index contributed by atoms with van der Waals surface area (Å²) in [4.78, 5) is 0. The van der Waals surface area contributed by atoms with E-state index in [2.05, 4.69) is 0 Å². The van der Waals surface area contributed by atoms with Crippen LogP contribution in [0.25, 0.3) is 12.2 Å². The molecule has 1 aliphatic heterocycles. The lowest BCUT2D eigenvalue weighted by Crippen LogP contribution is -2.12. The van der Waals surface area contributed by atoms with Gasteiger partial charge in [-0.3, -0.25) is 0 Å². The Morgan fingerprint density at radius 2 is 1.26 bits per heavy atom. The van der Waals surface area contributed by atoms with Gasteiger partial charge in [0.05, 0.1) is 5.92 Å². The first-order chi connectivity index (χ1) is 16.8. The van der Waals surface area contributed by atoms with Crippen LogP contribution in [0.3, 0.4) is 0 Å². The van der Waals surface area contributed by atoms with Crippen LogP contribution < -0.4 is 4.74 Å². The van der Waals surface area contributed by atoms with E-state index in [1.807, 2.05) is 6.08 Å². The van der Waals surface area contributed by atoms with Crippen LogP contribution in [0.4, 0.5) is 0 Å². The molecule has 7 heteroatoms. The molecule has 4 aromatic carbocycles. The molecule has 0 saturated carbocycles. The summed E-state index contributed by atoms with van der Waals surface area (Å²) in [6.07, 6.45) is 2.94. The van der Waals surface area contributed by atoms with Crippen LogP contribution in [-0.4, -0.2) is 30.6 Å². The average Bonchev–Trinajstić information content (AvgIpc) is 3.19. The molecule has 0 bridgehead atoms. The Balaban J connectivity index is 1.68. The fourth-order valence-electron chi connectivity index (χ4n) is 4.45. The van der Waals surface area contributed by atoms with Gasteiger partial charge in [-0.15, -0.1) is 0 Å². The van der Waals surface area contributed by atoms with Crippen molar-refractivity contribution in [1.29, 1.82) is 0 Å². The minimum Gasteiger partial charge on any atom is -0.508 e. The predicted octanol–water partition coefficient (Wildman–Crippen LogP) is 5.36. The first-order valence-corrected chi connectivity index (χ1v) is 10.8. The largest absolute Gasteiger partial charge is 0.508 e. The molecule has 176 valence electrons. The number of phenols is 6. The van der Waals surface area contributed by atoms with E-state index in [0.717, 1.165) is 5.56 Å². The van der Waals surface area contributed by atoms with Gasteiger partial charge in [-0.25, -0.2) is 0 Å². The maximum absolute atomic E-state index is 10.4. The van der Waals surface area contributed by atoms with Crippen molar-refractivity contribution in [3.63, 3.8) is 0 Å². The Morgan fingerprint density at radius 1 is 0.571 bits per heavy atom. The molecule has 6 N–H and O–H groups in total. The quantitative estimate of drug-likeness (QED) is 0.175. The van der Waals surface area contributed by atoms with Crippen molar-refractivity contribution in [2.75, 3.05) is 0 Å². The second kappa shape index (κ2) is 8.53. The molecule has 7 nitrogen and oxygen atoms in total. The van der Waals surface area contributed by atoms with Crippen LogP contribution in [0.2, 0.25) is 0 Å². The van der Waals surface area contributed by atoms with Gasteiger partial charge in [0.15, 0.2) is 11.5 Å². The molecule has 0 aliphatic carbocycles. The van der Waals surface area contributed by atoms with Crippen LogP contribution in [0.5, 0.6) is 40.2 Å². The molecule has 2 atom stereocenters. The van der Waals surface area contributed by atoms with Gasteiger partial charge < -0.3 is 35.4 Å². The number of benzene rings is 4. The average molecular weight is 470 g/mol. The molecule has 1 aliphatic rings. The van der Waals surface area contributed by atoms with E-state index < -0.39 is 12.0 Å². The minimum absolute atomic E-state index is 0.0131. The summed E-state index contributed by atoms with van der Waals surface area (Å²) in [5, 5.41) is 60.2. The smallest absolute Gasteiger partial charge is 0.157 e. The summed E-state index contributed by atoms with van der Waals surface area (Å²) in [5.41, 5.74) is 3.29. The van der Waals surface area contributed by atoms with E-state index in [-0.39, 0.29) is 34.5 Å². The third kappa shape index (κ3) is 4.27. The van der Waals surface area contributed by atoms with Gasteiger partial charge in [-0.2, -0.15) is 0 Å². The van der Waals surface area contributed by atoms with Gasteiger partial charge in [0.25, 0.3) is 0 Å². The summed E-state index contributed by atoms with van der Waals surface area (Å²) in [5.74, 6) is -0.826. The maximum Gasteiger partial charge on any atom is 0.157 e. The van der Waals surface area contributed by atoms with Crippen LogP contribution in [-0.2, 0) is 0 Å². The second-order valence-electron chi connectivity index (χ2n) is 8.42. The monoisotopic (exact) mass is 470 g/mol. The third-order valence-electron chi connectivity index (χ3n) is 5.99. The topological polar surface area (TPSA) is 131 Å².